The van der Waals surface area contributed by atoms with E-state index in [1.165, 1.54) is 12.1 Å². The van der Waals surface area contributed by atoms with E-state index in [1.54, 1.807) is 13.0 Å². The summed E-state index contributed by atoms with van der Waals surface area (Å²) in [5.41, 5.74) is 5.55. The summed E-state index contributed by atoms with van der Waals surface area (Å²) in [4.78, 5) is 11.9. The van der Waals surface area contributed by atoms with Crippen molar-refractivity contribution in [2.45, 2.75) is 12.8 Å². The number of anilines is 1. The van der Waals surface area contributed by atoms with E-state index in [1.807, 2.05) is 5.32 Å². The van der Waals surface area contributed by atoms with Gasteiger partial charge in [0.2, 0.25) is 10.0 Å². The lowest BCUT2D eigenvalue weighted by Crippen LogP contribution is -2.41. The fourth-order valence-electron chi connectivity index (χ4n) is 1.51. The van der Waals surface area contributed by atoms with E-state index in [2.05, 4.69) is 4.72 Å². The summed E-state index contributed by atoms with van der Waals surface area (Å²) < 4.78 is 50.7. The largest absolute Gasteiger partial charge is 0.346 e. The molecule has 0 saturated heterocycles. The number of halogens is 3. The Morgan fingerprint density at radius 1 is 1.36 bits per heavy atom. The van der Waals surface area contributed by atoms with Crippen LogP contribution in [0.15, 0.2) is 18.2 Å². The molecule has 10 heteroatoms. The van der Waals surface area contributed by atoms with E-state index in [9.17, 15) is 22.0 Å². The second-order valence-corrected chi connectivity index (χ2v) is 6.41. The average Bonchev–Trinajstić information content (AvgIpc) is 2.36. The Morgan fingerprint density at radius 2 is 1.95 bits per heavy atom. The summed E-state index contributed by atoms with van der Waals surface area (Å²) >= 11 is 0. The SMILES string of the molecule is Cc1ccc(NS(C)(=O)=O)c(C(=O)NCC(F)(F)CN)c1.Cl. The molecule has 0 fully saturated rings. The molecule has 0 heterocycles. The van der Waals surface area contributed by atoms with E-state index < -0.39 is 34.9 Å². The van der Waals surface area contributed by atoms with Crippen molar-refractivity contribution in [1.82, 2.24) is 5.32 Å². The molecule has 0 aromatic heterocycles. The first kappa shape index (κ1) is 20.6. The Labute approximate surface area is 133 Å². The van der Waals surface area contributed by atoms with Crippen LogP contribution in [0.3, 0.4) is 0 Å². The number of alkyl halides is 2. The molecule has 6 nitrogen and oxygen atoms in total. The maximum atomic E-state index is 13.0. The van der Waals surface area contributed by atoms with Gasteiger partial charge in [0.15, 0.2) is 0 Å². The van der Waals surface area contributed by atoms with E-state index in [0.717, 1.165) is 6.26 Å². The highest BCUT2D eigenvalue weighted by Gasteiger charge is 2.28. The molecule has 0 aliphatic carbocycles. The van der Waals surface area contributed by atoms with Gasteiger partial charge in [-0.2, -0.15) is 0 Å². The Morgan fingerprint density at radius 3 is 2.45 bits per heavy atom. The standard InChI is InChI=1S/C12H17F2N3O3S.ClH/c1-8-3-4-10(17-21(2,19)20)9(5-8)11(18)16-7-12(13,14)6-15;/h3-5,17H,6-7,15H2,1-2H3,(H,16,18);1H. The van der Waals surface area contributed by atoms with Gasteiger partial charge in [0, 0.05) is 0 Å². The third kappa shape index (κ3) is 6.54. The number of benzene rings is 1. The number of hydrogen-bond donors (Lipinski definition) is 3. The molecule has 1 rings (SSSR count). The molecule has 1 aromatic rings. The predicted octanol–water partition coefficient (Wildman–Crippen LogP) is 1.11. The van der Waals surface area contributed by atoms with Gasteiger partial charge in [-0.25, -0.2) is 17.2 Å². The minimum Gasteiger partial charge on any atom is -0.346 e. The summed E-state index contributed by atoms with van der Waals surface area (Å²) in [5, 5.41) is 2.04. The summed E-state index contributed by atoms with van der Waals surface area (Å²) in [6.45, 7) is -0.125. The molecule has 0 spiro atoms. The summed E-state index contributed by atoms with van der Waals surface area (Å²) in [5.74, 6) is -4.03. The van der Waals surface area contributed by atoms with Gasteiger partial charge in [0.1, 0.15) is 0 Å². The van der Waals surface area contributed by atoms with Crippen LogP contribution < -0.4 is 15.8 Å². The Kier molecular flexibility index (Phi) is 7.20. The van der Waals surface area contributed by atoms with E-state index in [4.69, 9.17) is 5.73 Å². The lowest BCUT2D eigenvalue weighted by Gasteiger charge is -2.16. The normalized spacial score (nSPS) is 11.5. The molecule has 0 bridgehead atoms. The minimum absolute atomic E-state index is 0. The fourth-order valence-corrected chi connectivity index (χ4v) is 2.09. The van der Waals surface area contributed by atoms with Crippen LogP contribution in [0.4, 0.5) is 14.5 Å². The number of carbonyl (C=O) groups is 1. The van der Waals surface area contributed by atoms with Crippen molar-refractivity contribution in [2.75, 3.05) is 24.1 Å². The van der Waals surface area contributed by atoms with Crippen LogP contribution in [0.25, 0.3) is 0 Å². The second-order valence-electron chi connectivity index (χ2n) is 4.67. The maximum Gasteiger partial charge on any atom is 0.277 e. The van der Waals surface area contributed by atoms with Crippen LogP contribution in [0.5, 0.6) is 0 Å². The lowest BCUT2D eigenvalue weighted by atomic mass is 10.1. The molecular formula is C12H18ClF2N3O3S. The Balaban J connectivity index is 0.00000441. The summed E-state index contributed by atoms with van der Waals surface area (Å²) in [7, 11) is -3.59. The Hall–Kier alpha value is -1.45. The number of hydrogen-bond acceptors (Lipinski definition) is 4. The first-order chi connectivity index (χ1) is 9.54. The highest BCUT2D eigenvalue weighted by atomic mass is 35.5. The minimum atomic E-state index is -3.59. The molecule has 1 amide bonds. The zero-order valence-electron chi connectivity index (χ0n) is 12.0. The van der Waals surface area contributed by atoms with E-state index in [-0.39, 0.29) is 23.7 Å². The molecule has 0 saturated carbocycles. The first-order valence-electron chi connectivity index (χ1n) is 5.98. The molecule has 0 unspecified atom stereocenters. The predicted molar refractivity (Wildman–Crippen MR) is 83.2 cm³/mol. The highest BCUT2D eigenvalue weighted by Crippen LogP contribution is 2.19. The van der Waals surface area contributed by atoms with Crippen LogP contribution in [0.1, 0.15) is 15.9 Å². The third-order valence-electron chi connectivity index (χ3n) is 2.52. The number of aryl methyl sites for hydroxylation is 1. The van der Waals surface area contributed by atoms with Crippen molar-refractivity contribution < 1.29 is 22.0 Å². The van der Waals surface area contributed by atoms with Crippen LogP contribution in [0.2, 0.25) is 0 Å². The first-order valence-corrected chi connectivity index (χ1v) is 7.88. The summed E-state index contributed by atoms with van der Waals surface area (Å²) in [6.07, 6.45) is 0.928. The fraction of sp³-hybridized carbons (Fsp3) is 0.417. The lowest BCUT2D eigenvalue weighted by molar-refractivity contribution is 0.0119. The monoisotopic (exact) mass is 357 g/mol. The van der Waals surface area contributed by atoms with Crippen molar-refractivity contribution in [3.8, 4) is 0 Å². The number of rotatable bonds is 6. The zero-order valence-corrected chi connectivity index (χ0v) is 13.7. The van der Waals surface area contributed by atoms with Crippen LogP contribution in [-0.2, 0) is 10.0 Å². The molecule has 1 aromatic carbocycles. The quantitative estimate of drug-likeness (QED) is 0.709. The van der Waals surface area contributed by atoms with Gasteiger partial charge in [0.25, 0.3) is 11.8 Å². The molecule has 0 aliphatic heterocycles. The number of nitrogens with two attached hydrogens (primary N) is 1. The van der Waals surface area contributed by atoms with Crippen LogP contribution >= 0.6 is 12.4 Å². The topological polar surface area (TPSA) is 101 Å². The molecule has 0 radical (unpaired) electrons. The number of nitrogens with one attached hydrogen (secondary N) is 2. The van der Waals surface area contributed by atoms with Crippen molar-refractivity contribution >= 4 is 34.0 Å². The smallest absolute Gasteiger partial charge is 0.277 e. The molecule has 4 N–H and O–H groups in total. The molecular weight excluding hydrogens is 340 g/mol. The van der Waals surface area contributed by atoms with Gasteiger partial charge in [-0.15, -0.1) is 12.4 Å². The van der Waals surface area contributed by atoms with Crippen molar-refractivity contribution in [3.05, 3.63) is 29.3 Å². The van der Waals surface area contributed by atoms with E-state index >= 15 is 0 Å². The maximum absolute atomic E-state index is 13.0. The van der Waals surface area contributed by atoms with Gasteiger partial charge >= 0.3 is 0 Å². The molecule has 0 aliphatic rings. The third-order valence-corrected chi connectivity index (χ3v) is 3.11. The number of carbonyl (C=O) groups excluding carboxylic acids is 1. The summed E-state index contributed by atoms with van der Waals surface area (Å²) in [6, 6.07) is 4.40. The van der Waals surface area contributed by atoms with Crippen LogP contribution in [0, 0.1) is 6.92 Å². The van der Waals surface area contributed by atoms with E-state index in [0.29, 0.717) is 5.56 Å². The van der Waals surface area contributed by atoms with Crippen molar-refractivity contribution in [3.63, 3.8) is 0 Å². The molecule has 22 heavy (non-hydrogen) atoms. The number of sulfonamides is 1. The van der Waals surface area contributed by atoms with Gasteiger partial charge in [-0.05, 0) is 19.1 Å². The molecule has 0 atom stereocenters. The van der Waals surface area contributed by atoms with Gasteiger partial charge in [0.05, 0.1) is 30.6 Å². The highest BCUT2D eigenvalue weighted by molar-refractivity contribution is 7.92. The average molecular weight is 358 g/mol. The van der Waals surface area contributed by atoms with Crippen LogP contribution in [-0.4, -0.2) is 39.6 Å². The second kappa shape index (κ2) is 7.70. The number of amides is 1. The van der Waals surface area contributed by atoms with Gasteiger partial charge in [-0.1, -0.05) is 11.6 Å². The van der Waals surface area contributed by atoms with Gasteiger partial charge in [-0.3, -0.25) is 9.52 Å². The van der Waals surface area contributed by atoms with Crippen molar-refractivity contribution in [2.24, 2.45) is 5.73 Å². The zero-order chi connectivity index (χ0) is 16.3. The van der Waals surface area contributed by atoms with Gasteiger partial charge < -0.3 is 11.1 Å². The van der Waals surface area contributed by atoms with Crippen molar-refractivity contribution in [1.29, 1.82) is 0 Å². The molecule has 126 valence electrons. The Bertz CT molecular complexity index is 639.